The molecule has 2 aromatic rings. The molecule has 0 aromatic heterocycles. The van der Waals surface area contributed by atoms with Gasteiger partial charge in [0.25, 0.3) is 0 Å². The van der Waals surface area contributed by atoms with Gasteiger partial charge in [0, 0.05) is 31.5 Å². The second-order valence-corrected chi connectivity index (χ2v) is 9.70. The van der Waals surface area contributed by atoms with Crippen LogP contribution >= 0.6 is 0 Å². The standard InChI is InChI=1S/C27H33N3O2/c28-19-13-11-18(12-14-19)17-29-27(32)25-10-5-15-30(25)26(31)16-24-22-8-3-1-6-20(22)21-7-2-4-9-23(21)24/h1-4,6-9,18-19,24-25H,5,10-17,28H2,(H,29,32)/t18?,19?,25-/m0/s1. The Morgan fingerprint density at radius 1 is 0.906 bits per heavy atom. The summed E-state index contributed by atoms with van der Waals surface area (Å²) >= 11 is 0. The van der Waals surface area contributed by atoms with Crippen molar-refractivity contribution in [2.24, 2.45) is 11.7 Å². The van der Waals surface area contributed by atoms with Gasteiger partial charge in [-0.25, -0.2) is 0 Å². The highest BCUT2D eigenvalue weighted by molar-refractivity contribution is 5.90. The molecule has 5 nitrogen and oxygen atoms in total. The summed E-state index contributed by atoms with van der Waals surface area (Å²) in [6, 6.07) is 16.7. The molecule has 5 heteroatoms. The second-order valence-electron chi connectivity index (χ2n) is 9.70. The van der Waals surface area contributed by atoms with E-state index in [4.69, 9.17) is 5.73 Å². The summed E-state index contributed by atoms with van der Waals surface area (Å²) in [5.41, 5.74) is 10.9. The Morgan fingerprint density at radius 3 is 2.19 bits per heavy atom. The number of hydrogen-bond donors (Lipinski definition) is 2. The minimum atomic E-state index is -0.333. The van der Waals surface area contributed by atoms with E-state index < -0.39 is 0 Å². The Balaban J connectivity index is 1.25. The number of nitrogens with zero attached hydrogens (tertiary/aromatic N) is 1. The molecule has 1 saturated heterocycles. The zero-order chi connectivity index (χ0) is 22.1. The number of rotatable bonds is 5. The summed E-state index contributed by atoms with van der Waals surface area (Å²) in [6.45, 7) is 1.37. The molecule has 2 aromatic carbocycles. The van der Waals surface area contributed by atoms with Crippen LogP contribution in [-0.2, 0) is 9.59 Å². The van der Waals surface area contributed by atoms with Crippen LogP contribution in [-0.4, -0.2) is 41.9 Å². The SMILES string of the molecule is NC1CCC(CNC(=O)[C@@H]2CCCN2C(=O)CC2c3ccccc3-c3ccccc32)CC1. The molecule has 0 unspecified atom stereocenters. The molecule has 1 saturated carbocycles. The lowest BCUT2D eigenvalue weighted by Crippen LogP contribution is -2.47. The van der Waals surface area contributed by atoms with Crippen LogP contribution < -0.4 is 11.1 Å². The highest BCUT2D eigenvalue weighted by atomic mass is 16.2. The molecule has 2 amide bonds. The fourth-order valence-corrected chi connectivity index (χ4v) is 5.86. The van der Waals surface area contributed by atoms with Crippen molar-refractivity contribution in [1.29, 1.82) is 0 Å². The predicted octanol–water partition coefficient (Wildman–Crippen LogP) is 3.81. The zero-order valence-electron chi connectivity index (χ0n) is 18.6. The molecule has 0 bridgehead atoms. The van der Waals surface area contributed by atoms with Crippen LogP contribution in [0.3, 0.4) is 0 Å². The minimum absolute atomic E-state index is 0.0120. The zero-order valence-corrected chi connectivity index (χ0v) is 18.6. The minimum Gasteiger partial charge on any atom is -0.354 e. The van der Waals surface area contributed by atoms with Crippen LogP contribution in [0, 0.1) is 5.92 Å². The molecule has 3 N–H and O–H groups in total. The maximum atomic E-state index is 13.4. The molecule has 3 aliphatic rings. The molecule has 0 spiro atoms. The number of nitrogens with two attached hydrogens (primary N) is 1. The normalized spacial score (nSPS) is 24.8. The first-order chi connectivity index (χ1) is 15.6. The van der Waals surface area contributed by atoms with E-state index >= 15 is 0 Å². The molecule has 2 aliphatic carbocycles. The number of benzene rings is 2. The van der Waals surface area contributed by atoms with Crippen molar-refractivity contribution in [3.8, 4) is 11.1 Å². The van der Waals surface area contributed by atoms with Gasteiger partial charge in [-0.05, 0) is 66.7 Å². The largest absolute Gasteiger partial charge is 0.354 e. The first kappa shape index (κ1) is 21.2. The van der Waals surface area contributed by atoms with Crippen molar-refractivity contribution >= 4 is 11.8 Å². The fourth-order valence-electron chi connectivity index (χ4n) is 5.86. The number of amides is 2. The Kier molecular flexibility index (Phi) is 6.01. The summed E-state index contributed by atoms with van der Waals surface area (Å²) in [6.07, 6.45) is 6.30. The fraction of sp³-hybridized carbons (Fsp3) is 0.481. The number of fused-ring (bicyclic) bond motifs is 3. The molecule has 32 heavy (non-hydrogen) atoms. The number of hydrogen-bond acceptors (Lipinski definition) is 3. The van der Waals surface area contributed by atoms with Crippen molar-refractivity contribution in [3.63, 3.8) is 0 Å². The van der Waals surface area contributed by atoms with E-state index in [1.165, 1.54) is 22.3 Å². The van der Waals surface area contributed by atoms with E-state index in [0.29, 0.717) is 31.5 Å². The maximum absolute atomic E-state index is 13.4. The molecular formula is C27H33N3O2. The van der Waals surface area contributed by atoms with Crippen LogP contribution in [0.25, 0.3) is 11.1 Å². The third-order valence-corrected chi connectivity index (χ3v) is 7.67. The Bertz CT molecular complexity index is 950. The molecule has 1 atom stereocenters. The summed E-state index contributed by atoms with van der Waals surface area (Å²) in [5, 5.41) is 3.15. The lowest BCUT2D eigenvalue weighted by molar-refractivity contribution is -0.138. The Labute approximate surface area is 190 Å². The summed E-state index contributed by atoms with van der Waals surface area (Å²) in [7, 11) is 0. The molecular weight excluding hydrogens is 398 g/mol. The monoisotopic (exact) mass is 431 g/mol. The van der Waals surface area contributed by atoms with Gasteiger partial charge in [0.2, 0.25) is 11.8 Å². The Morgan fingerprint density at radius 2 is 1.53 bits per heavy atom. The van der Waals surface area contributed by atoms with Gasteiger partial charge in [-0.2, -0.15) is 0 Å². The summed E-state index contributed by atoms with van der Waals surface area (Å²) in [5.74, 6) is 0.669. The number of nitrogens with one attached hydrogen (secondary N) is 1. The van der Waals surface area contributed by atoms with Crippen molar-refractivity contribution in [1.82, 2.24) is 10.2 Å². The molecule has 1 aliphatic heterocycles. The van der Waals surface area contributed by atoms with E-state index in [1.54, 1.807) is 0 Å². The molecule has 0 radical (unpaired) electrons. The number of carbonyl (C=O) groups is 2. The Hall–Kier alpha value is -2.66. The van der Waals surface area contributed by atoms with E-state index in [0.717, 1.165) is 38.5 Å². The average Bonchev–Trinajstić information content (AvgIpc) is 3.43. The van der Waals surface area contributed by atoms with E-state index in [1.807, 2.05) is 17.0 Å². The van der Waals surface area contributed by atoms with Crippen molar-refractivity contribution < 1.29 is 9.59 Å². The van der Waals surface area contributed by atoms with Gasteiger partial charge < -0.3 is 16.0 Å². The van der Waals surface area contributed by atoms with Gasteiger partial charge in [-0.1, -0.05) is 48.5 Å². The lowest BCUT2D eigenvalue weighted by atomic mass is 9.86. The topological polar surface area (TPSA) is 75.4 Å². The molecule has 168 valence electrons. The van der Waals surface area contributed by atoms with Crippen LogP contribution in [0.1, 0.15) is 62.0 Å². The van der Waals surface area contributed by atoms with Crippen LogP contribution in [0.2, 0.25) is 0 Å². The second kappa shape index (κ2) is 9.07. The summed E-state index contributed by atoms with van der Waals surface area (Å²) in [4.78, 5) is 28.2. The lowest BCUT2D eigenvalue weighted by Gasteiger charge is -2.28. The van der Waals surface area contributed by atoms with Crippen molar-refractivity contribution in [3.05, 3.63) is 59.7 Å². The smallest absolute Gasteiger partial charge is 0.242 e. The van der Waals surface area contributed by atoms with Crippen LogP contribution in [0.15, 0.2) is 48.5 Å². The van der Waals surface area contributed by atoms with Crippen molar-refractivity contribution in [2.75, 3.05) is 13.1 Å². The number of likely N-dealkylation sites (tertiary alicyclic amines) is 1. The van der Waals surface area contributed by atoms with Crippen LogP contribution in [0.4, 0.5) is 0 Å². The first-order valence-electron chi connectivity index (χ1n) is 12.1. The van der Waals surface area contributed by atoms with Gasteiger partial charge in [-0.3, -0.25) is 9.59 Å². The van der Waals surface area contributed by atoms with Gasteiger partial charge in [-0.15, -0.1) is 0 Å². The van der Waals surface area contributed by atoms with E-state index in [2.05, 4.69) is 41.7 Å². The third-order valence-electron chi connectivity index (χ3n) is 7.67. The molecule has 2 fully saturated rings. The third kappa shape index (κ3) is 4.06. The first-order valence-corrected chi connectivity index (χ1v) is 12.1. The molecule has 5 rings (SSSR count). The van der Waals surface area contributed by atoms with Gasteiger partial charge >= 0.3 is 0 Å². The highest BCUT2D eigenvalue weighted by Gasteiger charge is 2.37. The van der Waals surface area contributed by atoms with Crippen molar-refractivity contribution in [2.45, 2.75) is 62.9 Å². The van der Waals surface area contributed by atoms with Gasteiger partial charge in [0.05, 0.1) is 0 Å². The van der Waals surface area contributed by atoms with Gasteiger partial charge in [0.1, 0.15) is 6.04 Å². The van der Waals surface area contributed by atoms with Gasteiger partial charge in [0.15, 0.2) is 0 Å². The number of carbonyl (C=O) groups excluding carboxylic acids is 2. The van der Waals surface area contributed by atoms with E-state index in [9.17, 15) is 9.59 Å². The predicted molar refractivity (Wildman–Crippen MR) is 126 cm³/mol. The molecule has 1 heterocycles. The van der Waals surface area contributed by atoms with E-state index in [-0.39, 0.29) is 23.8 Å². The maximum Gasteiger partial charge on any atom is 0.242 e. The average molecular weight is 432 g/mol. The quantitative estimate of drug-likeness (QED) is 0.756. The summed E-state index contributed by atoms with van der Waals surface area (Å²) < 4.78 is 0. The van der Waals surface area contributed by atoms with Crippen LogP contribution in [0.5, 0.6) is 0 Å². The highest BCUT2D eigenvalue weighted by Crippen LogP contribution is 2.46.